The first-order chi connectivity index (χ1) is 7.98. The third-order valence-corrected chi connectivity index (χ3v) is 2.59. The number of benzene rings is 1. The van der Waals surface area contributed by atoms with Crippen molar-refractivity contribution >= 4 is 5.78 Å². The summed E-state index contributed by atoms with van der Waals surface area (Å²) < 4.78 is 11.0. The van der Waals surface area contributed by atoms with Gasteiger partial charge in [-0.3, -0.25) is 4.79 Å². The molecule has 1 heterocycles. The Morgan fingerprint density at radius 1 is 1.24 bits per heavy atom. The van der Waals surface area contributed by atoms with Crippen molar-refractivity contribution < 1.29 is 14.3 Å². The average molecular weight is 235 g/mol. The molecule has 17 heavy (non-hydrogen) atoms. The van der Waals surface area contributed by atoms with E-state index < -0.39 is 5.54 Å². The van der Waals surface area contributed by atoms with Gasteiger partial charge >= 0.3 is 0 Å². The van der Waals surface area contributed by atoms with Gasteiger partial charge in [0.15, 0.2) is 17.3 Å². The molecule has 0 aromatic heterocycles. The molecule has 4 nitrogen and oxygen atoms in total. The Labute approximate surface area is 101 Å². The summed E-state index contributed by atoms with van der Waals surface area (Å²) in [7, 11) is 0. The monoisotopic (exact) mass is 235 g/mol. The first-order valence-electron chi connectivity index (χ1n) is 5.72. The summed E-state index contributed by atoms with van der Waals surface area (Å²) in [5.41, 5.74) is 5.48. The molecule has 1 aliphatic rings. The lowest BCUT2D eigenvalue weighted by molar-refractivity contribution is 0.0913. The van der Waals surface area contributed by atoms with Gasteiger partial charge in [-0.15, -0.1) is 0 Å². The molecule has 0 amide bonds. The highest BCUT2D eigenvalue weighted by molar-refractivity contribution is 6.02. The fourth-order valence-corrected chi connectivity index (χ4v) is 1.68. The zero-order valence-electron chi connectivity index (χ0n) is 10.2. The number of rotatable bonds is 2. The highest BCUT2D eigenvalue weighted by Gasteiger charge is 2.24. The third kappa shape index (κ3) is 2.58. The molecule has 2 rings (SSSR count). The van der Waals surface area contributed by atoms with Crippen molar-refractivity contribution in [2.75, 3.05) is 13.2 Å². The van der Waals surface area contributed by atoms with E-state index in [9.17, 15) is 4.79 Å². The minimum Gasteiger partial charge on any atom is -0.490 e. The third-order valence-electron chi connectivity index (χ3n) is 2.59. The smallest absolute Gasteiger partial charge is 0.182 e. The highest BCUT2D eigenvalue weighted by Crippen LogP contribution is 2.31. The van der Waals surface area contributed by atoms with Gasteiger partial charge in [0.2, 0.25) is 0 Å². The van der Waals surface area contributed by atoms with E-state index in [4.69, 9.17) is 15.2 Å². The molecule has 92 valence electrons. The van der Waals surface area contributed by atoms with Crippen LogP contribution in [-0.4, -0.2) is 24.5 Å². The number of ketones is 1. The molecular weight excluding hydrogens is 218 g/mol. The van der Waals surface area contributed by atoms with Gasteiger partial charge in [-0.25, -0.2) is 0 Å². The van der Waals surface area contributed by atoms with Crippen LogP contribution >= 0.6 is 0 Å². The molecule has 0 radical (unpaired) electrons. The largest absolute Gasteiger partial charge is 0.490 e. The zero-order chi connectivity index (χ0) is 12.5. The normalized spacial score (nSPS) is 15.2. The number of ether oxygens (including phenoxy) is 2. The van der Waals surface area contributed by atoms with Gasteiger partial charge in [-0.1, -0.05) is 0 Å². The van der Waals surface area contributed by atoms with Crippen LogP contribution in [0, 0.1) is 0 Å². The van der Waals surface area contributed by atoms with E-state index in [0.717, 1.165) is 6.42 Å². The van der Waals surface area contributed by atoms with Crippen molar-refractivity contribution in [3.63, 3.8) is 0 Å². The predicted octanol–water partition coefficient (Wildman–Crippen LogP) is 1.77. The van der Waals surface area contributed by atoms with Crippen molar-refractivity contribution in [3.8, 4) is 11.5 Å². The molecule has 1 aromatic rings. The lowest BCUT2D eigenvalue weighted by Gasteiger charge is -2.17. The van der Waals surface area contributed by atoms with Gasteiger partial charge in [-0.2, -0.15) is 0 Å². The summed E-state index contributed by atoms with van der Waals surface area (Å²) in [6.07, 6.45) is 0.848. The van der Waals surface area contributed by atoms with Gasteiger partial charge in [0, 0.05) is 12.0 Å². The van der Waals surface area contributed by atoms with Crippen LogP contribution in [0.25, 0.3) is 0 Å². The van der Waals surface area contributed by atoms with E-state index >= 15 is 0 Å². The maximum atomic E-state index is 12.0. The van der Waals surface area contributed by atoms with Crippen molar-refractivity contribution in [3.05, 3.63) is 23.8 Å². The molecule has 4 heteroatoms. The topological polar surface area (TPSA) is 61.6 Å². The first-order valence-corrected chi connectivity index (χ1v) is 5.72. The van der Waals surface area contributed by atoms with Gasteiger partial charge in [-0.05, 0) is 32.0 Å². The van der Waals surface area contributed by atoms with Gasteiger partial charge in [0.25, 0.3) is 0 Å². The number of hydrogen-bond donors (Lipinski definition) is 1. The molecule has 0 atom stereocenters. The molecule has 0 unspecified atom stereocenters. The molecule has 0 bridgehead atoms. The predicted molar refractivity (Wildman–Crippen MR) is 64.6 cm³/mol. The van der Waals surface area contributed by atoms with E-state index in [1.54, 1.807) is 32.0 Å². The number of hydrogen-bond acceptors (Lipinski definition) is 4. The number of carbonyl (C=O) groups excluding carboxylic acids is 1. The van der Waals surface area contributed by atoms with Crippen molar-refractivity contribution in [2.24, 2.45) is 5.73 Å². The average Bonchev–Trinajstić information content (AvgIpc) is 2.50. The summed E-state index contributed by atoms with van der Waals surface area (Å²) in [4.78, 5) is 12.0. The van der Waals surface area contributed by atoms with E-state index in [2.05, 4.69) is 0 Å². The van der Waals surface area contributed by atoms with Crippen molar-refractivity contribution in [1.29, 1.82) is 0 Å². The minimum atomic E-state index is -0.875. The van der Waals surface area contributed by atoms with Gasteiger partial charge in [0.05, 0.1) is 18.8 Å². The Morgan fingerprint density at radius 2 is 1.88 bits per heavy atom. The highest BCUT2D eigenvalue weighted by atomic mass is 16.5. The maximum Gasteiger partial charge on any atom is 0.182 e. The van der Waals surface area contributed by atoms with Crippen LogP contribution < -0.4 is 15.2 Å². The molecule has 0 saturated heterocycles. The van der Waals surface area contributed by atoms with Gasteiger partial charge in [0.1, 0.15) is 0 Å². The Morgan fingerprint density at radius 3 is 2.53 bits per heavy atom. The standard InChI is InChI=1S/C13H17NO3/c1-13(2,14)12(15)9-4-5-10-11(8-9)17-7-3-6-16-10/h4-5,8H,3,6-7,14H2,1-2H3. The molecule has 0 fully saturated rings. The molecule has 1 aliphatic heterocycles. The van der Waals surface area contributed by atoms with Crippen LogP contribution in [0.2, 0.25) is 0 Å². The number of fused-ring (bicyclic) bond motifs is 1. The SMILES string of the molecule is CC(C)(N)C(=O)c1ccc2c(c1)OCCCO2. The van der Waals surface area contributed by atoms with Gasteiger partial charge < -0.3 is 15.2 Å². The Balaban J connectivity index is 2.33. The fraction of sp³-hybridized carbons (Fsp3) is 0.462. The van der Waals surface area contributed by atoms with Crippen LogP contribution in [0.1, 0.15) is 30.6 Å². The molecule has 0 aliphatic carbocycles. The summed E-state index contributed by atoms with van der Waals surface area (Å²) in [5, 5.41) is 0. The maximum absolute atomic E-state index is 12.0. The zero-order valence-corrected chi connectivity index (χ0v) is 10.2. The number of nitrogens with two attached hydrogens (primary N) is 1. The molecule has 2 N–H and O–H groups in total. The molecule has 1 aromatic carbocycles. The van der Waals surface area contributed by atoms with Crippen LogP contribution in [0.4, 0.5) is 0 Å². The lowest BCUT2D eigenvalue weighted by atomic mass is 9.94. The minimum absolute atomic E-state index is 0.104. The van der Waals surface area contributed by atoms with E-state index in [1.165, 1.54) is 0 Å². The van der Waals surface area contributed by atoms with Crippen LogP contribution in [-0.2, 0) is 0 Å². The quantitative estimate of drug-likeness (QED) is 0.793. The second-order valence-corrected chi connectivity index (χ2v) is 4.76. The molecular formula is C13H17NO3. The second-order valence-electron chi connectivity index (χ2n) is 4.76. The van der Waals surface area contributed by atoms with E-state index in [-0.39, 0.29) is 5.78 Å². The Bertz CT molecular complexity index is 435. The molecule has 0 spiro atoms. The fourth-order valence-electron chi connectivity index (χ4n) is 1.68. The summed E-state index contributed by atoms with van der Waals surface area (Å²) in [6.45, 7) is 4.63. The summed E-state index contributed by atoms with van der Waals surface area (Å²) >= 11 is 0. The summed E-state index contributed by atoms with van der Waals surface area (Å²) in [6, 6.07) is 5.20. The van der Waals surface area contributed by atoms with Crippen LogP contribution in [0.3, 0.4) is 0 Å². The Kier molecular flexibility index (Phi) is 3.07. The summed E-state index contributed by atoms with van der Waals surface area (Å²) in [5.74, 6) is 1.21. The number of Topliss-reactive ketones (excluding diaryl/α,β-unsaturated/α-hetero) is 1. The van der Waals surface area contributed by atoms with E-state index in [1.807, 2.05) is 0 Å². The van der Waals surface area contributed by atoms with E-state index in [0.29, 0.717) is 30.3 Å². The second kappa shape index (κ2) is 4.37. The van der Waals surface area contributed by atoms with Crippen molar-refractivity contribution in [1.82, 2.24) is 0 Å². The number of carbonyl (C=O) groups is 1. The van der Waals surface area contributed by atoms with Crippen molar-refractivity contribution in [2.45, 2.75) is 25.8 Å². The molecule has 0 saturated carbocycles. The van der Waals surface area contributed by atoms with Crippen LogP contribution in [0.5, 0.6) is 11.5 Å². The van der Waals surface area contributed by atoms with Crippen LogP contribution in [0.15, 0.2) is 18.2 Å². The lowest BCUT2D eigenvalue weighted by Crippen LogP contribution is -2.41. The first kappa shape index (κ1) is 11.9. The Hall–Kier alpha value is -1.55.